The summed E-state index contributed by atoms with van der Waals surface area (Å²) >= 11 is 0. The lowest BCUT2D eigenvalue weighted by atomic mass is 10.3. The molecule has 0 unspecified atom stereocenters. The Morgan fingerprint density at radius 1 is 1.14 bits per heavy atom. The van der Waals surface area contributed by atoms with Crippen LogP contribution in [-0.4, -0.2) is 42.9 Å². The van der Waals surface area contributed by atoms with Crippen LogP contribution in [0.4, 0.5) is 5.69 Å². The molecule has 1 N–H and O–H groups in total. The Morgan fingerprint density at radius 3 is 2.27 bits per heavy atom. The van der Waals surface area contributed by atoms with E-state index in [2.05, 4.69) is 0 Å². The van der Waals surface area contributed by atoms with Crippen molar-refractivity contribution in [3.8, 4) is 0 Å². The van der Waals surface area contributed by atoms with Gasteiger partial charge in [-0.1, -0.05) is 31.0 Å². The van der Waals surface area contributed by atoms with Gasteiger partial charge in [-0.3, -0.25) is 9.59 Å². The van der Waals surface area contributed by atoms with Crippen LogP contribution in [0.5, 0.6) is 0 Å². The van der Waals surface area contributed by atoms with Gasteiger partial charge in [0.1, 0.15) is 12.3 Å². The van der Waals surface area contributed by atoms with E-state index >= 15 is 0 Å². The van der Waals surface area contributed by atoms with Crippen molar-refractivity contribution < 1.29 is 23.1 Å². The molecule has 0 heterocycles. The number of sulfone groups is 1. The predicted octanol–water partition coefficient (Wildman–Crippen LogP) is 1.46. The largest absolute Gasteiger partial charge is 0.480 e. The van der Waals surface area contributed by atoms with Crippen LogP contribution in [0.25, 0.3) is 0 Å². The number of carboxylic acids is 1. The van der Waals surface area contributed by atoms with Crippen molar-refractivity contribution in [2.75, 3.05) is 17.2 Å². The van der Waals surface area contributed by atoms with Gasteiger partial charge >= 0.3 is 5.97 Å². The quantitative estimate of drug-likeness (QED) is 0.855. The molecular formula is C15H19NO5S. The molecule has 0 radical (unpaired) electrons. The van der Waals surface area contributed by atoms with Gasteiger partial charge in [-0.05, 0) is 25.0 Å². The maximum absolute atomic E-state index is 12.3. The highest BCUT2D eigenvalue weighted by atomic mass is 32.2. The minimum atomic E-state index is -3.53. The minimum Gasteiger partial charge on any atom is -0.480 e. The Kier molecular flexibility index (Phi) is 5.18. The molecule has 1 fully saturated rings. The third-order valence-electron chi connectivity index (χ3n) is 3.80. The Morgan fingerprint density at radius 2 is 1.73 bits per heavy atom. The summed E-state index contributed by atoms with van der Waals surface area (Å²) in [5, 5.41) is 8.49. The third kappa shape index (κ3) is 4.07. The molecule has 1 amide bonds. The number of benzene rings is 1. The van der Waals surface area contributed by atoms with Gasteiger partial charge in [0, 0.05) is 5.69 Å². The topological polar surface area (TPSA) is 91.8 Å². The number of hydrogen-bond donors (Lipinski definition) is 1. The summed E-state index contributed by atoms with van der Waals surface area (Å²) in [5.41, 5.74) is 0.386. The summed E-state index contributed by atoms with van der Waals surface area (Å²) in [6.45, 7) is -0.553. The van der Waals surface area contributed by atoms with Crippen molar-refractivity contribution in [1.29, 1.82) is 0 Å². The zero-order valence-corrected chi connectivity index (χ0v) is 13.0. The van der Waals surface area contributed by atoms with Gasteiger partial charge in [-0.2, -0.15) is 0 Å². The van der Waals surface area contributed by atoms with E-state index in [0.29, 0.717) is 18.5 Å². The average Bonchev–Trinajstić information content (AvgIpc) is 3.00. The van der Waals surface area contributed by atoms with Crippen molar-refractivity contribution in [3.63, 3.8) is 0 Å². The normalized spacial score (nSPS) is 15.6. The predicted molar refractivity (Wildman–Crippen MR) is 82.5 cm³/mol. The van der Waals surface area contributed by atoms with Crippen LogP contribution >= 0.6 is 0 Å². The molecule has 0 aliphatic heterocycles. The maximum Gasteiger partial charge on any atom is 0.323 e. The van der Waals surface area contributed by atoms with Gasteiger partial charge in [-0.25, -0.2) is 8.42 Å². The lowest BCUT2D eigenvalue weighted by Crippen LogP contribution is -2.41. The maximum atomic E-state index is 12.3. The van der Waals surface area contributed by atoms with E-state index in [4.69, 9.17) is 5.11 Å². The van der Waals surface area contributed by atoms with E-state index in [1.807, 2.05) is 0 Å². The first-order valence-corrected chi connectivity index (χ1v) is 8.90. The summed E-state index contributed by atoms with van der Waals surface area (Å²) in [4.78, 5) is 24.3. The molecule has 1 aliphatic rings. The first kappa shape index (κ1) is 16.5. The number of hydrogen-bond acceptors (Lipinski definition) is 4. The average molecular weight is 325 g/mol. The first-order chi connectivity index (χ1) is 10.4. The lowest BCUT2D eigenvalue weighted by molar-refractivity contribution is -0.136. The molecular weight excluding hydrogens is 306 g/mol. The van der Waals surface area contributed by atoms with Gasteiger partial charge in [0.15, 0.2) is 9.84 Å². The van der Waals surface area contributed by atoms with Crippen LogP contribution < -0.4 is 4.90 Å². The fraction of sp³-hybridized carbons (Fsp3) is 0.467. The Labute approximate surface area is 129 Å². The van der Waals surface area contributed by atoms with Gasteiger partial charge < -0.3 is 10.0 Å². The minimum absolute atomic E-state index is 0.386. The van der Waals surface area contributed by atoms with Crippen LogP contribution in [0.2, 0.25) is 0 Å². The summed E-state index contributed by atoms with van der Waals surface area (Å²) in [6, 6.07) is 8.25. The van der Waals surface area contributed by atoms with Crippen LogP contribution in [0, 0.1) is 0 Å². The Hall–Kier alpha value is -1.89. The molecule has 120 valence electrons. The molecule has 22 heavy (non-hydrogen) atoms. The second-order valence-electron chi connectivity index (χ2n) is 5.42. The number of carbonyl (C=O) groups excluding carboxylic acids is 1. The fourth-order valence-corrected chi connectivity index (χ4v) is 4.47. The molecule has 0 atom stereocenters. The van der Waals surface area contributed by atoms with E-state index in [1.165, 1.54) is 0 Å². The number of para-hydroxylation sites is 1. The number of nitrogens with zero attached hydrogens (tertiary/aromatic N) is 1. The second kappa shape index (κ2) is 6.91. The molecule has 2 rings (SSSR count). The second-order valence-corrected chi connectivity index (χ2v) is 7.70. The molecule has 0 aromatic heterocycles. The monoisotopic (exact) mass is 325 g/mol. The molecule has 7 heteroatoms. The number of carboxylic acid groups (broad SMARTS) is 1. The van der Waals surface area contributed by atoms with E-state index in [9.17, 15) is 18.0 Å². The zero-order valence-electron chi connectivity index (χ0n) is 12.1. The van der Waals surface area contributed by atoms with Crippen molar-refractivity contribution in [3.05, 3.63) is 30.3 Å². The van der Waals surface area contributed by atoms with Crippen molar-refractivity contribution in [1.82, 2.24) is 0 Å². The molecule has 0 spiro atoms. The molecule has 0 saturated heterocycles. The highest BCUT2D eigenvalue weighted by Crippen LogP contribution is 2.25. The standard InChI is InChI=1S/C15H19NO5S/c17-14(11-22(20,21)13-8-4-5-9-13)16(10-15(18)19)12-6-2-1-3-7-12/h1-3,6-7,13H,4-5,8-11H2,(H,18,19). The number of carbonyl (C=O) groups is 2. The summed E-state index contributed by atoms with van der Waals surface area (Å²) in [7, 11) is -3.53. The number of anilines is 1. The van der Waals surface area contributed by atoms with Crippen molar-refractivity contribution in [2.45, 2.75) is 30.9 Å². The molecule has 1 saturated carbocycles. The highest BCUT2D eigenvalue weighted by Gasteiger charge is 2.32. The van der Waals surface area contributed by atoms with E-state index in [1.54, 1.807) is 30.3 Å². The van der Waals surface area contributed by atoms with Gasteiger partial charge in [0.05, 0.1) is 5.25 Å². The molecule has 1 aliphatic carbocycles. The SMILES string of the molecule is O=C(O)CN(C(=O)CS(=O)(=O)C1CCCC1)c1ccccc1. The number of rotatable bonds is 6. The third-order valence-corrected chi connectivity index (χ3v) is 5.93. The lowest BCUT2D eigenvalue weighted by Gasteiger charge is -2.21. The Balaban J connectivity index is 2.17. The zero-order chi connectivity index (χ0) is 16.2. The molecule has 1 aromatic rings. The van der Waals surface area contributed by atoms with Gasteiger partial charge in [0.2, 0.25) is 5.91 Å². The van der Waals surface area contributed by atoms with E-state index < -0.39 is 39.3 Å². The summed E-state index contributed by atoms with van der Waals surface area (Å²) in [6.07, 6.45) is 2.88. The van der Waals surface area contributed by atoms with Crippen molar-refractivity contribution >= 4 is 27.4 Å². The fourth-order valence-electron chi connectivity index (χ4n) is 2.68. The highest BCUT2D eigenvalue weighted by molar-refractivity contribution is 7.92. The van der Waals surface area contributed by atoms with E-state index in [-0.39, 0.29) is 0 Å². The molecule has 6 nitrogen and oxygen atoms in total. The molecule has 0 bridgehead atoms. The van der Waals surface area contributed by atoms with Crippen LogP contribution in [-0.2, 0) is 19.4 Å². The van der Waals surface area contributed by atoms with E-state index in [0.717, 1.165) is 17.7 Å². The van der Waals surface area contributed by atoms with Gasteiger partial charge in [0.25, 0.3) is 0 Å². The van der Waals surface area contributed by atoms with Gasteiger partial charge in [-0.15, -0.1) is 0 Å². The number of aliphatic carboxylic acids is 1. The smallest absolute Gasteiger partial charge is 0.323 e. The number of amides is 1. The van der Waals surface area contributed by atoms with Crippen molar-refractivity contribution in [2.24, 2.45) is 0 Å². The van der Waals surface area contributed by atoms with Crippen LogP contribution in [0.1, 0.15) is 25.7 Å². The summed E-state index contributed by atoms with van der Waals surface area (Å²) < 4.78 is 24.5. The van der Waals surface area contributed by atoms with Crippen LogP contribution in [0.15, 0.2) is 30.3 Å². The Bertz CT molecular complexity index is 635. The van der Waals surface area contributed by atoms with Crippen LogP contribution in [0.3, 0.4) is 0 Å². The first-order valence-electron chi connectivity index (χ1n) is 7.19. The molecule has 1 aromatic carbocycles. The summed E-state index contributed by atoms with van der Waals surface area (Å²) in [5.74, 6) is -2.52.